The number of rotatable bonds is 4. The summed E-state index contributed by atoms with van der Waals surface area (Å²) in [6, 6.07) is 21.6. The van der Waals surface area contributed by atoms with Crippen LogP contribution < -0.4 is 0 Å². The van der Waals surface area contributed by atoms with E-state index >= 15 is 0 Å². The van der Waals surface area contributed by atoms with Crippen molar-refractivity contribution in [3.8, 4) is 0 Å². The van der Waals surface area contributed by atoms with Gasteiger partial charge in [-0.05, 0) is 17.5 Å². The first-order chi connectivity index (χ1) is 7.92. The third-order valence-electron chi connectivity index (χ3n) is 2.98. The van der Waals surface area contributed by atoms with Gasteiger partial charge >= 0.3 is 0 Å². The Labute approximate surface area is 110 Å². The third-order valence-corrected chi connectivity index (χ3v) is 2.98. The van der Waals surface area contributed by atoms with Gasteiger partial charge in [-0.3, -0.25) is 0 Å². The van der Waals surface area contributed by atoms with Gasteiger partial charge in [0.15, 0.2) is 0 Å². The minimum absolute atomic E-state index is 0. The molecule has 0 fully saturated rings. The molecular formula is C16H19Cl. The molecule has 0 aromatic heterocycles. The summed E-state index contributed by atoms with van der Waals surface area (Å²) in [5.41, 5.74) is 2.85. The molecule has 0 N–H and O–H groups in total. The van der Waals surface area contributed by atoms with Gasteiger partial charge in [0.05, 0.1) is 0 Å². The third kappa shape index (κ3) is 3.61. The summed E-state index contributed by atoms with van der Waals surface area (Å²) in [6.45, 7) is 2.25. The number of halogens is 1. The molecule has 0 radical (unpaired) electrons. The van der Waals surface area contributed by atoms with Crippen molar-refractivity contribution in [3.05, 3.63) is 71.8 Å². The standard InChI is InChI=1S/C16H18.ClH/c1-2-9-16(14-10-5-3-6-11-14)15-12-7-4-8-13-15;/h3-8,10-13,16H,2,9H2,1H3;1H. The van der Waals surface area contributed by atoms with Crippen molar-refractivity contribution in [1.29, 1.82) is 0 Å². The summed E-state index contributed by atoms with van der Waals surface area (Å²) < 4.78 is 0. The number of hydrogen-bond donors (Lipinski definition) is 0. The maximum absolute atomic E-state index is 2.25. The first-order valence-electron chi connectivity index (χ1n) is 6.01. The second kappa shape index (κ2) is 7.13. The summed E-state index contributed by atoms with van der Waals surface area (Å²) in [5, 5.41) is 0. The SMILES string of the molecule is CCCC(c1ccccc1)c1ccccc1.Cl. The Bertz CT molecular complexity index is 369. The van der Waals surface area contributed by atoms with Gasteiger partial charge in [0, 0.05) is 5.92 Å². The van der Waals surface area contributed by atoms with Crippen LogP contribution in [-0.4, -0.2) is 0 Å². The molecule has 0 heterocycles. The minimum atomic E-state index is 0. The van der Waals surface area contributed by atoms with E-state index in [9.17, 15) is 0 Å². The molecule has 0 nitrogen and oxygen atoms in total. The summed E-state index contributed by atoms with van der Waals surface area (Å²) in [7, 11) is 0. The van der Waals surface area contributed by atoms with E-state index in [0.29, 0.717) is 5.92 Å². The lowest BCUT2D eigenvalue weighted by Crippen LogP contribution is -2.00. The Kier molecular flexibility index (Phi) is 5.79. The highest BCUT2D eigenvalue weighted by Gasteiger charge is 2.11. The van der Waals surface area contributed by atoms with Crippen molar-refractivity contribution in [2.45, 2.75) is 25.7 Å². The second-order valence-corrected chi connectivity index (χ2v) is 4.16. The van der Waals surface area contributed by atoms with E-state index in [2.05, 4.69) is 67.6 Å². The fourth-order valence-corrected chi connectivity index (χ4v) is 2.19. The van der Waals surface area contributed by atoms with E-state index < -0.39 is 0 Å². The van der Waals surface area contributed by atoms with Crippen LogP contribution in [0.1, 0.15) is 36.8 Å². The molecule has 0 aliphatic rings. The maximum Gasteiger partial charge on any atom is 0.00892 e. The molecule has 2 rings (SSSR count). The zero-order valence-electron chi connectivity index (χ0n) is 10.2. The summed E-state index contributed by atoms with van der Waals surface area (Å²) in [6.07, 6.45) is 2.43. The van der Waals surface area contributed by atoms with Crippen LogP contribution in [0.15, 0.2) is 60.7 Å². The van der Waals surface area contributed by atoms with Gasteiger partial charge < -0.3 is 0 Å². The Morgan fingerprint density at radius 1 is 0.765 bits per heavy atom. The molecule has 90 valence electrons. The molecule has 2 aromatic rings. The number of benzene rings is 2. The van der Waals surface area contributed by atoms with Crippen LogP contribution in [0.4, 0.5) is 0 Å². The van der Waals surface area contributed by atoms with Crippen LogP contribution in [-0.2, 0) is 0 Å². The summed E-state index contributed by atoms with van der Waals surface area (Å²) in [5.74, 6) is 0.549. The van der Waals surface area contributed by atoms with Crippen molar-refractivity contribution < 1.29 is 0 Å². The molecule has 2 aromatic carbocycles. The van der Waals surface area contributed by atoms with E-state index in [4.69, 9.17) is 0 Å². The van der Waals surface area contributed by atoms with Crippen LogP contribution in [0, 0.1) is 0 Å². The molecule has 0 aliphatic heterocycles. The average Bonchev–Trinajstić information content (AvgIpc) is 2.38. The smallest absolute Gasteiger partial charge is 0.00892 e. The molecule has 0 saturated carbocycles. The highest BCUT2D eigenvalue weighted by atomic mass is 35.5. The lowest BCUT2D eigenvalue weighted by Gasteiger charge is -2.17. The normalized spacial score (nSPS) is 10.0. The second-order valence-electron chi connectivity index (χ2n) is 4.16. The predicted octanol–water partition coefficient (Wildman–Crippen LogP) is 5.04. The Balaban J connectivity index is 0.00000144. The van der Waals surface area contributed by atoms with Gasteiger partial charge in [0.2, 0.25) is 0 Å². The molecule has 0 atom stereocenters. The monoisotopic (exact) mass is 246 g/mol. The van der Waals surface area contributed by atoms with E-state index in [1.165, 1.54) is 24.0 Å². The van der Waals surface area contributed by atoms with Crippen molar-refractivity contribution >= 4 is 12.4 Å². The van der Waals surface area contributed by atoms with Crippen LogP contribution in [0.25, 0.3) is 0 Å². The lowest BCUT2D eigenvalue weighted by atomic mass is 9.88. The molecule has 0 bridgehead atoms. The highest BCUT2D eigenvalue weighted by molar-refractivity contribution is 5.85. The molecule has 0 aliphatic carbocycles. The summed E-state index contributed by atoms with van der Waals surface area (Å²) in [4.78, 5) is 0. The molecule has 1 heteroatoms. The summed E-state index contributed by atoms with van der Waals surface area (Å²) >= 11 is 0. The predicted molar refractivity (Wildman–Crippen MR) is 76.9 cm³/mol. The van der Waals surface area contributed by atoms with Crippen molar-refractivity contribution in [3.63, 3.8) is 0 Å². The Hall–Kier alpha value is -1.27. The Morgan fingerprint density at radius 2 is 1.18 bits per heavy atom. The van der Waals surface area contributed by atoms with E-state index in [0.717, 1.165) is 0 Å². The van der Waals surface area contributed by atoms with Crippen LogP contribution in [0.5, 0.6) is 0 Å². The molecule has 17 heavy (non-hydrogen) atoms. The minimum Gasteiger partial charge on any atom is -0.147 e. The van der Waals surface area contributed by atoms with Crippen LogP contribution in [0.2, 0.25) is 0 Å². The fraction of sp³-hybridized carbons (Fsp3) is 0.250. The van der Waals surface area contributed by atoms with Gasteiger partial charge in [-0.15, -0.1) is 12.4 Å². The Morgan fingerprint density at radius 3 is 1.53 bits per heavy atom. The van der Waals surface area contributed by atoms with Gasteiger partial charge in [0.1, 0.15) is 0 Å². The maximum atomic E-state index is 2.25. The van der Waals surface area contributed by atoms with Crippen LogP contribution >= 0.6 is 12.4 Å². The van der Waals surface area contributed by atoms with Gasteiger partial charge in [0.25, 0.3) is 0 Å². The van der Waals surface area contributed by atoms with Gasteiger partial charge in [-0.2, -0.15) is 0 Å². The first kappa shape index (κ1) is 13.8. The topological polar surface area (TPSA) is 0 Å². The molecular weight excluding hydrogens is 228 g/mol. The van der Waals surface area contributed by atoms with Gasteiger partial charge in [-0.1, -0.05) is 74.0 Å². The van der Waals surface area contributed by atoms with E-state index in [-0.39, 0.29) is 12.4 Å². The number of hydrogen-bond acceptors (Lipinski definition) is 0. The zero-order valence-corrected chi connectivity index (χ0v) is 11.0. The van der Waals surface area contributed by atoms with Crippen molar-refractivity contribution in [2.24, 2.45) is 0 Å². The highest BCUT2D eigenvalue weighted by Crippen LogP contribution is 2.28. The molecule has 0 unspecified atom stereocenters. The zero-order chi connectivity index (χ0) is 11.2. The quantitative estimate of drug-likeness (QED) is 0.709. The first-order valence-corrected chi connectivity index (χ1v) is 6.01. The lowest BCUT2D eigenvalue weighted by molar-refractivity contribution is 0.698. The molecule has 0 spiro atoms. The average molecular weight is 247 g/mol. The molecule has 0 saturated heterocycles. The van der Waals surface area contributed by atoms with Crippen LogP contribution in [0.3, 0.4) is 0 Å². The van der Waals surface area contributed by atoms with Crippen molar-refractivity contribution in [1.82, 2.24) is 0 Å². The van der Waals surface area contributed by atoms with E-state index in [1.807, 2.05) is 0 Å². The largest absolute Gasteiger partial charge is 0.147 e. The fourth-order valence-electron chi connectivity index (χ4n) is 2.19. The van der Waals surface area contributed by atoms with E-state index in [1.54, 1.807) is 0 Å². The van der Waals surface area contributed by atoms with Crippen molar-refractivity contribution in [2.75, 3.05) is 0 Å². The molecule has 0 amide bonds. The van der Waals surface area contributed by atoms with Gasteiger partial charge in [-0.25, -0.2) is 0 Å².